The van der Waals surface area contributed by atoms with E-state index in [0.717, 1.165) is 0 Å². The minimum Gasteiger partial charge on any atom is -0.386 e. The van der Waals surface area contributed by atoms with Crippen LogP contribution in [-0.2, 0) is 4.79 Å². The van der Waals surface area contributed by atoms with Crippen LogP contribution in [0.15, 0.2) is 0 Å². The molecule has 0 bridgehead atoms. The Bertz CT molecular complexity index is 196. The Hall–Kier alpha value is -0.220. The number of carbonyl (C=O) groups excluding carboxylic acids is 1. The Morgan fingerprint density at radius 2 is 2.15 bits per heavy atom. The van der Waals surface area contributed by atoms with Gasteiger partial charge in [-0.3, -0.25) is 4.79 Å². The molecule has 1 heterocycles. The fourth-order valence-corrected chi connectivity index (χ4v) is 1.94. The maximum atomic E-state index is 11.4. The van der Waals surface area contributed by atoms with Gasteiger partial charge in [-0.15, -0.1) is 11.8 Å². The van der Waals surface area contributed by atoms with Crippen LogP contribution in [0.1, 0.15) is 20.8 Å². The Kier molecular flexibility index (Phi) is 3.24. The molecular weight excluding hydrogens is 186 g/mol. The molecule has 13 heavy (non-hydrogen) atoms. The summed E-state index contributed by atoms with van der Waals surface area (Å²) < 4.78 is 0. The van der Waals surface area contributed by atoms with Crippen LogP contribution in [-0.4, -0.2) is 45.6 Å². The van der Waals surface area contributed by atoms with Crippen molar-refractivity contribution in [3.05, 3.63) is 0 Å². The second kappa shape index (κ2) is 3.88. The molecule has 1 saturated heterocycles. The van der Waals surface area contributed by atoms with Crippen molar-refractivity contribution < 1.29 is 9.90 Å². The van der Waals surface area contributed by atoms with Crippen molar-refractivity contribution in [2.45, 2.75) is 31.6 Å². The molecule has 0 aromatic carbocycles. The van der Waals surface area contributed by atoms with Gasteiger partial charge in [-0.25, -0.2) is 0 Å². The van der Waals surface area contributed by atoms with Crippen LogP contribution in [0, 0.1) is 0 Å². The van der Waals surface area contributed by atoms with Gasteiger partial charge in [0.2, 0.25) is 5.91 Å². The highest BCUT2D eigenvalue weighted by molar-refractivity contribution is 8.00. The van der Waals surface area contributed by atoms with Gasteiger partial charge in [0, 0.05) is 0 Å². The van der Waals surface area contributed by atoms with Crippen molar-refractivity contribution in [1.82, 2.24) is 4.90 Å². The fourth-order valence-electron chi connectivity index (χ4n) is 1.28. The second-order valence-electron chi connectivity index (χ2n) is 4.11. The van der Waals surface area contributed by atoms with Gasteiger partial charge in [-0.2, -0.15) is 0 Å². The summed E-state index contributed by atoms with van der Waals surface area (Å²) in [5.74, 6) is 0.679. The summed E-state index contributed by atoms with van der Waals surface area (Å²) in [5.41, 5.74) is -0.641. The van der Waals surface area contributed by atoms with Gasteiger partial charge in [0.15, 0.2) is 0 Å². The summed E-state index contributed by atoms with van der Waals surface area (Å²) in [6, 6.07) is 0. The monoisotopic (exact) mass is 203 g/mol. The molecule has 0 aromatic rings. The van der Waals surface area contributed by atoms with E-state index in [-0.39, 0.29) is 5.91 Å². The smallest absolute Gasteiger partial charge is 0.232 e. The molecule has 0 unspecified atom stereocenters. The molecule has 76 valence electrons. The lowest BCUT2D eigenvalue weighted by molar-refractivity contribution is -0.149. The molecule has 0 spiro atoms. The number of likely N-dealkylation sites (tertiary alicyclic amines) is 1. The first-order valence-electron chi connectivity index (χ1n) is 4.52. The summed E-state index contributed by atoms with van der Waals surface area (Å²) in [6.07, 6.45) is 0. The van der Waals surface area contributed by atoms with Gasteiger partial charge in [0.25, 0.3) is 0 Å². The SMILES string of the molecule is CC(C)SCC(=O)N1CC(C)(O)C1. The molecule has 0 aromatic heterocycles. The van der Waals surface area contributed by atoms with Gasteiger partial charge < -0.3 is 10.0 Å². The van der Waals surface area contributed by atoms with Crippen molar-refractivity contribution in [1.29, 1.82) is 0 Å². The Balaban J connectivity index is 2.20. The lowest BCUT2D eigenvalue weighted by atomic mass is 9.97. The lowest BCUT2D eigenvalue weighted by Gasteiger charge is -2.44. The van der Waals surface area contributed by atoms with Gasteiger partial charge in [-0.1, -0.05) is 13.8 Å². The molecule has 0 aliphatic carbocycles. The molecule has 1 N–H and O–H groups in total. The molecule has 1 amide bonds. The minimum atomic E-state index is -0.641. The zero-order valence-electron chi connectivity index (χ0n) is 8.41. The van der Waals surface area contributed by atoms with E-state index in [1.807, 2.05) is 0 Å². The molecule has 0 radical (unpaired) electrons. The third kappa shape index (κ3) is 3.19. The van der Waals surface area contributed by atoms with Crippen molar-refractivity contribution >= 4 is 17.7 Å². The van der Waals surface area contributed by atoms with E-state index < -0.39 is 5.60 Å². The van der Waals surface area contributed by atoms with Crippen LogP contribution in [0.5, 0.6) is 0 Å². The maximum absolute atomic E-state index is 11.4. The van der Waals surface area contributed by atoms with Crippen molar-refractivity contribution in [2.75, 3.05) is 18.8 Å². The highest BCUT2D eigenvalue weighted by Crippen LogP contribution is 2.21. The molecular formula is C9H17NO2S. The average molecular weight is 203 g/mol. The van der Waals surface area contributed by atoms with Gasteiger partial charge in [0.05, 0.1) is 24.4 Å². The first-order chi connectivity index (χ1) is 5.91. The highest BCUT2D eigenvalue weighted by Gasteiger charge is 2.38. The van der Waals surface area contributed by atoms with E-state index in [1.165, 1.54) is 0 Å². The van der Waals surface area contributed by atoms with Crippen LogP contribution >= 0.6 is 11.8 Å². The molecule has 1 rings (SSSR count). The summed E-state index contributed by atoms with van der Waals surface area (Å²) in [7, 11) is 0. The minimum absolute atomic E-state index is 0.144. The molecule has 1 fully saturated rings. The second-order valence-corrected chi connectivity index (χ2v) is 5.67. The number of aliphatic hydroxyl groups is 1. The van der Waals surface area contributed by atoms with Crippen molar-refractivity contribution in [2.24, 2.45) is 0 Å². The molecule has 0 saturated carbocycles. The van der Waals surface area contributed by atoms with E-state index in [9.17, 15) is 9.90 Å². The molecule has 1 aliphatic rings. The Morgan fingerprint density at radius 3 is 2.54 bits per heavy atom. The molecule has 3 nitrogen and oxygen atoms in total. The van der Waals surface area contributed by atoms with E-state index in [1.54, 1.807) is 23.6 Å². The summed E-state index contributed by atoms with van der Waals surface area (Å²) >= 11 is 1.64. The predicted molar refractivity (Wildman–Crippen MR) is 54.8 cm³/mol. The van der Waals surface area contributed by atoms with E-state index in [4.69, 9.17) is 0 Å². The lowest BCUT2D eigenvalue weighted by Crippen LogP contribution is -2.62. The quantitative estimate of drug-likeness (QED) is 0.735. The Morgan fingerprint density at radius 1 is 1.62 bits per heavy atom. The summed E-state index contributed by atoms with van der Waals surface area (Å²) in [4.78, 5) is 13.1. The molecule has 1 aliphatic heterocycles. The summed E-state index contributed by atoms with van der Waals surface area (Å²) in [6.45, 7) is 6.88. The number of nitrogens with zero attached hydrogens (tertiary/aromatic N) is 1. The number of rotatable bonds is 3. The van der Waals surface area contributed by atoms with Gasteiger partial charge in [0.1, 0.15) is 0 Å². The topological polar surface area (TPSA) is 40.5 Å². The van der Waals surface area contributed by atoms with Crippen molar-refractivity contribution in [3.63, 3.8) is 0 Å². The molecule has 0 atom stereocenters. The number of β-amino-alcohol motifs (C(OH)–C–C–N with tert-alkyl or cyclic N) is 1. The van der Waals surface area contributed by atoms with Crippen LogP contribution in [0.4, 0.5) is 0 Å². The van der Waals surface area contributed by atoms with E-state index in [2.05, 4.69) is 13.8 Å². The first kappa shape index (κ1) is 10.9. The van der Waals surface area contributed by atoms with Gasteiger partial charge >= 0.3 is 0 Å². The van der Waals surface area contributed by atoms with Crippen LogP contribution in [0.2, 0.25) is 0 Å². The van der Waals surface area contributed by atoms with E-state index >= 15 is 0 Å². The van der Waals surface area contributed by atoms with Crippen LogP contribution in [0.3, 0.4) is 0 Å². The number of hydrogen-bond donors (Lipinski definition) is 1. The number of hydrogen-bond acceptors (Lipinski definition) is 3. The van der Waals surface area contributed by atoms with Crippen LogP contribution in [0.25, 0.3) is 0 Å². The Labute approximate surface area is 83.5 Å². The zero-order valence-corrected chi connectivity index (χ0v) is 9.23. The fraction of sp³-hybridized carbons (Fsp3) is 0.889. The molecule has 4 heteroatoms. The zero-order chi connectivity index (χ0) is 10.1. The third-order valence-corrected chi connectivity index (χ3v) is 3.04. The van der Waals surface area contributed by atoms with Gasteiger partial charge in [-0.05, 0) is 12.2 Å². The largest absolute Gasteiger partial charge is 0.386 e. The maximum Gasteiger partial charge on any atom is 0.232 e. The normalized spacial score (nSPS) is 20.2. The van der Waals surface area contributed by atoms with Crippen LogP contribution < -0.4 is 0 Å². The highest BCUT2D eigenvalue weighted by atomic mass is 32.2. The number of thioether (sulfide) groups is 1. The number of amides is 1. The third-order valence-electron chi connectivity index (χ3n) is 1.96. The predicted octanol–water partition coefficient (Wildman–Crippen LogP) is 0.721. The van der Waals surface area contributed by atoms with E-state index in [0.29, 0.717) is 24.1 Å². The number of carbonyl (C=O) groups is 1. The summed E-state index contributed by atoms with van der Waals surface area (Å²) in [5, 5.41) is 9.90. The van der Waals surface area contributed by atoms with Crippen molar-refractivity contribution in [3.8, 4) is 0 Å². The standard InChI is InChI=1S/C9H17NO2S/c1-7(2)13-4-8(11)10-5-9(3,12)6-10/h7,12H,4-6H2,1-3H3. The first-order valence-corrected chi connectivity index (χ1v) is 5.57. The average Bonchev–Trinajstić information content (AvgIpc) is 1.95.